The maximum absolute atomic E-state index is 10.5. The van der Waals surface area contributed by atoms with Crippen LogP contribution >= 0.6 is 0 Å². The summed E-state index contributed by atoms with van der Waals surface area (Å²) in [5, 5.41) is 20.9. The van der Waals surface area contributed by atoms with Gasteiger partial charge in [-0.25, -0.2) is 0 Å². The van der Waals surface area contributed by atoms with Gasteiger partial charge in [0.2, 0.25) is 0 Å². The van der Waals surface area contributed by atoms with Gasteiger partial charge in [0, 0.05) is 11.9 Å². The molecule has 0 saturated heterocycles. The largest absolute Gasteiger partial charge is 0.550 e. The normalized spacial score (nSPS) is 14.1. The van der Waals surface area contributed by atoms with Crippen LogP contribution in [0.3, 0.4) is 0 Å². The van der Waals surface area contributed by atoms with E-state index in [2.05, 4.69) is 0 Å². The summed E-state index contributed by atoms with van der Waals surface area (Å²) in [6, 6.07) is 0. The molecule has 4 nitrogen and oxygen atoms in total. The monoisotopic (exact) mass is 256 g/mol. The van der Waals surface area contributed by atoms with Gasteiger partial charge in [-0.15, -0.1) is 0 Å². The van der Waals surface area contributed by atoms with E-state index in [1.807, 2.05) is 0 Å². The summed E-state index contributed by atoms with van der Waals surface area (Å²) in [4.78, 5) is 20.9. The fourth-order valence-electron chi connectivity index (χ4n) is 1.84. The molecule has 4 heteroatoms. The van der Waals surface area contributed by atoms with E-state index >= 15 is 0 Å². The summed E-state index contributed by atoms with van der Waals surface area (Å²) in [6.07, 6.45) is 7.45. The molecular formula is C14H24O4-2. The molecule has 0 aromatic rings. The van der Waals surface area contributed by atoms with Crippen molar-refractivity contribution in [3.8, 4) is 0 Å². The van der Waals surface area contributed by atoms with Crippen LogP contribution in [0.4, 0.5) is 0 Å². The molecule has 0 aromatic heterocycles. The standard InChI is InChI=1S/C14H26O4/c1-11(13(15)16)9-7-5-3-4-6-8-10-12(2)14(17)18/h11-12H,3-10H2,1-2H3,(H,15,16)(H,17,18)/p-2/t11-,12+. The smallest absolute Gasteiger partial charge is 0.0442 e. The van der Waals surface area contributed by atoms with Gasteiger partial charge in [0.1, 0.15) is 0 Å². The molecule has 0 heterocycles. The molecule has 0 aliphatic carbocycles. The summed E-state index contributed by atoms with van der Waals surface area (Å²) in [5.41, 5.74) is 0. The zero-order valence-electron chi connectivity index (χ0n) is 11.4. The van der Waals surface area contributed by atoms with Crippen LogP contribution in [0.1, 0.15) is 65.2 Å². The molecule has 2 atom stereocenters. The molecule has 0 aliphatic heterocycles. The van der Waals surface area contributed by atoms with Crippen molar-refractivity contribution < 1.29 is 19.8 Å². The first-order chi connectivity index (χ1) is 8.45. The van der Waals surface area contributed by atoms with Crippen LogP contribution in [0.2, 0.25) is 0 Å². The Labute approximate surface area is 109 Å². The van der Waals surface area contributed by atoms with Crippen molar-refractivity contribution in [2.24, 2.45) is 11.8 Å². The minimum Gasteiger partial charge on any atom is -0.550 e. The summed E-state index contributed by atoms with van der Waals surface area (Å²) in [6.45, 7) is 3.35. The minimum atomic E-state index is -0.966. The maximum atomic E-state index is 10.5. The highest BCUT2D eigenvalue weighted by Gasteiger charge is 2.03. The van der Waals surface area contributed by atoms with Gasteiger partial charge >= 0.3 is 0 Å². The molecule has 106 valence electrons. The van der Waals surface area contributed by atoms with Gasteiger partial charge in [-0.05, 0) is 24.7 Å². The molecule has 0 spiro atoms. The van der Waals surface area contributed by atoms with E-state index in [4.69, 9.17) is 0 Å². The molecule has 0 rings (SSSR count). The van der Waals surface area contributed by atoms with Crippen LogP contribution in [0.25, 0.3) is 0 Å². The number of aliphatic carboxylic acids is 2. The molecule has 0 amide bonds. The number of carbonyl (C=O) groups is 2. The molecule has 18 heavy (non-hydrogen) atoms. The number of hydrogen-bond donors (Lipinski definition) is 0. The highest BCUT2D eigenvalue weighted by atomic mass is 16.4. The van der Waals surface area contributed by atoms with Crippen molar-refractivity contribution >= 4 is 11.9 Å². The SMILES string of the molecule is C[C@H](CCCCCCCC[C@H](C)C(=O)[O-])C(=O)[O-]. The number of carboxylic acids is 2. The molecule has 0 unspecified atom stereocenters. The van der Waals surface area contributed by atoms with Gasteiger partial charge in [-0.3, -0.25) is 0 Å². The van der Waals surface area contributed by atoms with E-state index in [1.54, 1.807) is 13.8 Å². The Morgan fingerprint density at radius 2 is 1.00 bits per heavy atom. The van der Waals surface area contributed by atoms with Crippen molar-refractivity contribution in [1.29, 1.82) is 0 Å². The molecule has 0 N–H and O–H groups in total. The van der Waals surface area contributed by atoms with Crippen molar-refractivity contribution in [3.63, 3.8) is 0 Å². The lowest BCUT2D eigenvalue weighted by Crippen LogP contribution is -2.29. The Bertz CT molecular complexity index is 224. The predicted molar refractivity (Wildman–Crippen MR) is 65.3 cm³/mol. The Morgan fingerprint density at radius 3 is 1.28 bits per heavy atom. The number of unbranched alkanes of at least 4 members (excludes halogenated alkanes) is 5. The van der Waals surface area contributed by atoms with Crippen LogP contribution in [0, 0.1) is 11.8 Å². The van der Waals surface area contributed by atoms with Crippen LogP contribution in [0.15, 0.2) is 0 Å². The Morgan fingerprint density at radius 1 is 0.722 bits per heavy atom. The third-order valence-electron chi connectivity index (χ3n) is 3.33. The quantitative estimate of drug-likeness (QED) is 0.514. The summed E-state index contributed by atoms with van der Waals surface area (Å²) in [7, 11) is 0. The minimum absolute atomic E-state index is 0.353. The van der Waals surface area contributed by atoms with Gasteiger partial charge in [0.05, 0.1) is 0 Å². The third kappa shape index (κ3) is 9.02. The zero-order chi connectivity index (χ0) is 14.0. The van der Waals surface area contributed by atoms with Crippen molar-refractivity contribution in [2.75, 3.05) is 0 Å². The van der Waals surface area contributed by atoms with Crippen molar-refractivity contribution in [3.05, 3.63) is 0 Å². The fraction of sp³-hybridized carbons (Fsp3) is 0.857. The summed E-state index contributed by atoms with van der Waals surface area (Å²) < 4.78 is 0. The van der Waals surface area contributed by atoms with Crippen LogP contribution in [0.5, 0.6) is 0 Å². The number of carboxylic acid groups (broad SMARTS) is 2. The summed E-state index contributed by atoms with van der Waals surface area (Å²) >= 11 is 0. The highest BCUT2D eigenvalue weighted by molar-refractivity contribution is 5.67. The molecule has 0 radical (unpaired) electrons. The van der Waals surface area contributed by atoms with E-state index in [0.29, 0.717) is 12.8 Å². The maximum Gasteiger partial charge on any atom is 0.0442 e. The van der Waals surface area contributed by atoms with Crippen LogP contribution in [-0.4, -0.2) is 11.9 Å². The first-order valence-corrected chi connectivity index (χ1v) is 6.87. The Balaban J connectivity index is 3.26. The van der Waals surface area contributed by atoms with Crippen molar-refractivity contribution in [1.82, 2.24) is 0 Å². The Hall–Kier alpha value is -1.06. The molecule has 0 fully saturated rings. The zero-order valence-corrected chi connectivity index (χ0v) is 11.4. The van der Waals surface area contributed by atoms with Gasteiger partial charge < -0.3 is 19.8 Å². The highest BCUT2D eigenvalue weighted by Crippen LogP contribution is 2.14. The predicted octanol–water partition coefficient (Wildman–Crippen LogP) is 0.879. The average Bonchev–Trinajstić information content (AvgIpc) is 2.31. The fourth-order valence-corrected chi connectivity index (χ4v) is 1.84. The van der Waals surface area contributed by atoms with Gasteiger partial charge in [-0.1, -0.05) is 52.4 Å². The first-order valence-electron chi connectivity index (χ1n) is 6.87. The molecule has 0 aliphatic rings. The number of rotatable bonds is 11. The van der Waals surface area contributed by atoms with Crippen LogP contribution in [-0.2, 0) is 9.59 Å². The lowest BCUT2D eigenvalue weighted by atomic mass is 10.00. The first kappa shape index (κ1) is 16.9. The van der Waals surface area contributed by atoms with E-state index < -0.39 is 11.9 Å². The molecule has 0 bridgehead atoms. The molecular weight excluding hydrogens is 232 g/mol. The van der Waals surface area contributed by atoms with E-state index in [-0.39, 0.29) is 11.8 Å². The number of carbonyl (C=O) groups excluding carboxylic acids is 2. The number of hydrogen-bond acceptors (Lipinski definition) is 4. The topological polar surface area (TPSA) is 80.3 Å². The Kier molecular flexibility index (Phi) is 9.33. The van der Waals surface area contributed by atoms with E-state index in [0.717, 1.165) is 38.5 Å². The van der Waals surface area contributed by atoms with Crippen LogP contribution < -0.4 is 10.2 Å². The average molecular weight is 256 g/mol. The second kappa shape index (κ2) is 9.92. The second-order valence-electron chi connectivity index (χ2n) is 5.14. The summed E-state index contributed by atoms with van der Waals surface area (Å²) in [5.74, 6) is -2.64. The van der Waals surface area contributed by atoms with Gasteiger partial charge in [0.25, 0.3) is 0 Å². The molecule has 0 saturated carbocycles. The lowest BCUT2D eigenvalue weighted by Gasteiger charge is -2.12. The van der Waals surface area contributed by atoms with Gasteiger partial charge in [-0.2, -0.15) is 0 Å². The lowest BCUT2D eigenvalue weighted by molar-refractivity contribution is -0.312. The molecule has 0 aromatic carbocycles. The second-order valence-corrected chi connectivity index (χ2v) is 5.14. The third-order valence-corrected chi connectivity index (χ3v) is 3.33. The van der Waals surface area contributed by atoms with E-state index in [9.17, 15) is 19.8 Å². The van der Waals surface area contributed by atoms with Crippen molar-refractivity contribution in [2.45, 2.75) is 65.2 Å². The van der Waals surface area contributed by atoms with Gasteiger partial charge in [0.15, 0.2) is 0 Å². The van der Waals surface area contributed by atoms with E-state index in [1.165, 1.54) is 0 Å².